The topological polar surface area (TPSA) is 56.5 Å². The number of nitrogens with one attached hydrogen (secondary N) is 1. The van der Waals surface area contributed by atoms with Gasteiger partial charge in [-0.25, -0.2) is 0 Å². The van der Waals surface area contributed by atoms with E-state index in [1.54, 1.807) is 14.2 Å². The molecule has 0 spiro atoms. The van der Waals surface area contributed by atoms with E-state index >= 15 is 0 Å². The molecule has 0 aliphatic carbocycles. The molecule has 0 aliphatic rings. The molecule has 1 rings (SSSR count). The summed E-state index contributed by atoms with van der Waals surface area (Å²) in [7, 11) is 3.32. The van der Waals surface area contributed by atoms with Gasteiger partial charge in [-0.15, -0.1) is 0 Å². The summed E-state index contributed by atoms with van der Waals surface area (Å²) in [5, 5.41) is 3.40. The van der Waals surface area contributed by atoms with Crippen LogP contribution < -0.4 is 20.5 Å². The lowest BCUT2D eigenvalue weighted by Gasteiger charge is -2.20. The highest BCUT2D eigenvalue weighted by Gasteiger charge is 2.14. The van der Waals surface area contributed by atoms with Gasteiger partial charge in [-0.3, -0.25) is 0 Å². The third-order valence-corrected chi connectivity index (χ3v) is 2.69. The van der Waals surface area contributed by atoms with E-state index in [1.807, 2.05) is 18.2 Å². The fraction of sp³-hybridized carbons (Fsp3) is 0.538. The lowest BCUT2D eigenvalue weighted by molar-refractivity contribution is 0.390. The van der Waals surface area contributed by atoms with Gasteiger partial charge in [0.25, 0.3) is 0 Å². The number of rotatable bonds is 7. The largest absolute Gasteiger partial charge is 0.497 e. The van der Waals surface area contributed by atoms with E-state index in [-0.39, 0.29) is 6.04 Å². The van der Waals surface area contributed by atoms with Crippen molar-refractivity contribution in [1.29, 1.82) is 0 Å². The van der Waals surface area contributed by atoms with Crippen molar-refractivity contribution < 1.29 is 9.47 Å². The van der Waals surface area contributed by atoms with Gasteiger partial charge in [-0.1, -0.05) is 6.92 Å². The van der Waals surface area contributed by atoms with Crippen LogP contribution in [0.2, 0.25) is 0 Å². The molecule has 1 atom stereocenters. The smallest absolute Gasteiger partial charge is 0.123 e. The van der Waals surface area contributed by atoms with Crippen LogP contribution in [0.25, 0.3) is 0 Å². The first-order valence-electron chi connectivity index (χ1n) is 5.92. The van der Waals surface area contributed by atoms with Crippen LogP contribution >= 0.6 is 0 Å². The molecule has 0 aromatic heterocycles. The highest BCUT2D eigenvalue weighted by Crippen LogP contribution is 2.28. The molecular formula is C13H22N2O2. The molecule has 0 radical (unpaired) electrons. The van der Waals surface area contributed by atoms with E-state index < -0.39 is 0 Å². The van der Waals surface area contributed by atoms with Crippen molar-refractivity contribution >= 4 is 0 Å². The third-order valence-electron chi connectivity index (χ3n) is 2.69. The van der Waals surface area contributed by atoms with Crippen molar-refractivity contribution in [1.82, 2.24) is 5.32 Å². The Morgan fingerprint density at radius 3 is 2.59 bits per heavy atom. The van der Waals surface area contributed by atoms with E-state index in [0.717, 1.165) is 30.0 Å². The summed E-state index contributed by atoms with van der Waals surface area (Å²) >= 11 is 0. The second kappa shape index (κ2) is 7.14. The molecule has 4 nitrogen and oxygen atoms in total. The molecule has 0 heterocycles. The Balaban J connectivity index is 2.97. The van der Waals surface area contributed by atoms with Crippen LogP contribution in [0, 0.1) is 0 Å². The van der Waals surface area contributed by atoms with Crippen LogP contribution in [0.4, 0.5) is 0 Å². The van der Waals surface area contributed by atoms with E-state index in [2.05, 4.69) is 12.2 Å². The monoisotopic (exact) mass is 238 g/mol. The highest BCUT2D eigenvalue weighted by atomic mass is 16.5. The maximum absolute atomic E-state index is 5.80. The van der Waals surface area contributed by atoms with Gasteiger partial charge in [-0.05, 0) is 31.2 Å². The number of hydrogen-bond acceptors (Lipinski definition) is 4. The van der Waals surface area contributed by atoms with Gasteiger partial charge in [0.05, 0.1) is 14.2 Å². The number of ether oxygens (including phenoxy) is 2. The number of hydrogen-bond donors (Lipinski definition) is 2. The van der Waals surface area contributed by atoms with Crippen LogP contribution in [-0.2, 0) is 0 Å². The van der Waals surface area contributed by atoms with Crippen molar-refractivity contribution in [2.75, 3.05) is 27.3 Å². The van der Waals surface area contributed by atoms with Gasteiger partial charge in [0.1, 0.15) is 11.5 Å². The lowest BCUT2D eigenvalue weighted by atomic mass is 10.0. The summed E-state index contributed by atoms with van der Waals surface area (Å²) in [5.41, 5.74) is 6.85. The zero-order chi connectivity index (χ0) is 12.7. The highest BCUT2D eigenvalue weighted by molar-refractivity contribution is 5.42. The number of methoxy groups -OCH3 is 2. The molecule has 0 fully saturated rings. The minimum Gasteiger partial charge on any atom is -0.497 e. The Bertz CT molecular complexity index is 342. The van der Waals surface area contributed by atoms with Crippen molar-refractivity contribution in [3.8, 4) is 11.5 Å². The summed E-state index contributed by atoms with van der Waals surface area (Å²) < 4.78 is 10.6. The van der Waals surface area contributed by atoms with Crippen molar-refractivity contribution in [3.05, 3.63) is 23.8 Å². The second-order valence-corrected chi connectivity index (χ2v) is 3.85. The quantitative estimate of drug-likeness (QED) is 0.759. The van der Waals surface area contributed by atoms with Gasteiger partial charge < -0.3 is 20.5 Å². The molecule has 0 aliphatic heterocycles. The Kier molecular flexibility index (Phi) is 5.80. The van der Waals surface area contributed by atoms with Crippen molar-refractivity contribution in [2.24, 2.45) is 5.73 Å². The van der Waals surface area contributed by atoms with Crippen molar-refractivity contribution in [3.63, 3.8) is 0 Å². The zero-order valence-corrected chi connectivity index (χ0v) is 10.8. The van der Waals surface area contributed by atoms with E-state index in [9.17, 15) is 0 Å². The first-order chi connectivity index (χ1) is 8.26. The Hall–Kier alpha value is -1.26. The maximum atomic E-state index is 5.80. The molecule has 17 heavy (non-hydrogen) atoms. The summed E-state index contributed by atoms with van der Waals surface area (Å²) in [5.74, 6) is 1.66. The summed E-state index contributed by atoms with van der Waals surface area (Å²) in [4.78, 5) is 0. The van der Waals surface area contributed by atoms with Crippen molar-refractivity contribution in [2.45, 2.75) is 19.4 Å². The molecule has 0 saturated heterocycles. The van der Waals surface area contributed by atoms with Gasteiger partial charge in [0.2, 0.25) is 0 Å². The Labute approximate surface area is 103 Å². The average Bonchev–Trinajstić information content (AvgIpc) is 2.39. The Morgan fingerprint density at radius 1 is 1.29 bits per heavy atom. The minimum absolute atomic E-state index is 0.0972. The average molecular weight is 238 g/mol. The Morgan fingerprint density at radius 2 is 2.06 bits per heavy atom. The van der Waals surface area contributed by atoms with Crippen LogP contribution in [0.1, 0.15) is 24.9 Å². The number of nitrogens with two attached hydrogens (primary N) is 1. The van der Waals surface area contributed by atoms with E-state index in [1.165, 1.54) is 0 Å². The van der Waals surface area contributed by atoms with E-state index in [4.69, 9.17) is 15.2 Å². The van der Waals surface area contributed by atoms with Crippen LogP contribution in [0.3, 0.4) is 0 Å². The molecule has 1 aromatic rings. The summed E-state index contributed by atoms with van der Waals surface area (Å²) in [6.07, 6.45) is 1.07. The fourth-order valence-electron chi connectivity index (χ4n) is 1.75. The SMILES string of the molecule is CCCNC(CN)c1cc(OC)ccc1OC. The third kappa shape index (κ3) is 3.61. The fourth-order valence-corrected chi connectivity index (χ4v) is 1.75. The van der Waals surface area contributed by atoms with Gasteiger partial charge in [-0.2, -0.15) is 0 Å². The molecule has 1 aromatic carbocycles. The molecule has 1 unspecified atom stereocenters. The molecule has 4 heteroatoms. The first-order valence-corrected chi connectivity index (χ1v) is 5.92. The predicted molar refractivity (Wildman–Crippen MR) is 69.6 cm³/mol. The minimum atomic E-state index is 0.0972. The molecule has 3 N–H and O–H groups in total. The van der Waals surface area contributed by atoms with Gasteiger partial charge >= 0.3 is 0 Å². The lowest BCUT2D eigenvalue weighted by Crippen LogP contribution is -2.29. The van der Waals surface area contributed by atoms with Gasteiger partial charge in [0, 0.05) is 18.2 Å². The number of benzene rings is 1. The van der Waals surface area contributed by atoms with Crippen LogP contribution in [-0.4, -0.2) is 27.3 Å². The predicted octanol–water partition coefficient (Wildman–Crippen LogP) is 1.70. The molecular weight excluding hydrogens is 216 g/mol. The molecule has 0 bridgehead atoms. The molecule has 0 saturated carbocycles. The molecule has 96 valence electrons. The zero-order valence-electron chi connectivity index (χ0n) is 10.8. The van der Waals surface area contributed by atoms with Crippen LogP contribution in [0.5, 0.6) is 11.5 Å². The second-order valence-electron chi connectivity index (χ2n) is 3.85. The summed E-state index contributed by atoms with van der Waals surface area (Å²) in [6.45, 7) is 3.59. The van der Waals surface area contributed by atoms with Gasteiger partial charge in [0.15, 0.2) is 0 Å². The normalized spacial score (nSPS) is 12.2. The standard InChI is InChI=1S/C13H22N2O2/c1-4-7-15-12(9-14)11-8-10(16-2)5-6-13(11)17-3/h5-6,8,12,15H,4,7,9,14H2,1-3H3. The summed E-state index contributed by atoms with van der Waals surface area (Å²) in [6, 6.07) is 5.86. The van der Waals surface area contributed by atoms with E-state index in [0.29, 0.717) is 6.54 Å². The molecule has 0 amide bonds. The van der Waals surface area contributed by atoms with Crippen LogP contribution in [0.15, 0.2) is 18.2 Å². The first kappa shape index (κ1) is 13.8. The maximum Gasteiger partial charge on any atom is 0.123 e.